The number of halogens is 2. The maximum Gasteiger partial charge on any atom is 0.257 e. The molecule has 1 rings (SSSR count). The number of alkyl halides is 2. The SMILES string of the molecule is O=C(c1cc(O)ccc1O)N(CCCl)CCCl. The van der Waals surface area contributed by atoms with Crippen molar-refractivity contribution in [1.82, 2.24) is 4.90 Å². The van der Waals surface area contributed by atoms with Gasteiger partial charge in [0, 0.05) is 24.8 Å². The van der Waals surface area contributed by atoms with E-state index in [4.69, 9.17) is 23.2 Å². The van der Waals surface area contributed by atoms with E-state index in [1.807, 2.05) is 0 Å². The van der Waals surface area contributed by atoms with Crippen LogP contribution in [0.15, 0.2) is 18.2 Å². The van der Waals surface area contributed by atoms with Crippen LogP contribution in [0.3, 0.4) is 0 Å². The van der Waals surface area contributed by atoms with Crippen LogP contribution in [0.5, 0.6) is 11.5 Å². The number of hydrogen-bond acceptors (Lipinski definition) is 3. The molecule has 0 saturated heterocycles. The maximum absolute atomic E-state index is 12.0. The highest BCUT2D eigenvalue weighted by Gasteiger charge is 2.18. The molecular formula is C11H13Cl2NO3. The summed E-state index contributed by atoms with van der Waals surface area (Å²) < 4.78 is 0. The molecule has 0 aliphatic rings. The molecule has 0 saturated carbocycles. The summed E-state index contributed by atoms with van der Waals surface area (Å²) in [5.74, 6) is -0.103. The van der Waals surface area contributed by atoms with Crippen molar-refractivity contribution in [1.29, 1.82) is 0 Å². The van der Waals surface area contributed by atoms with Gasteiger partial charge in [-0.1, -0.05) is 0 Å². The number of phenolic OH excluding ortho intramolecular Hbond substituents is 2. The Bertz CT molecular complexity index is 392. The van der Waals surface area contributed by atoms with E-state index >= 15 is 0 Å². The van der Waals surface area contributed by atoms with Crippen LogP contribution in [0.25, 0.3) is 0 Å². The number of amides is 1. The second-order valence-electron chi connectivity index (χ2n) is 3.37. The van der Waals surface area contributed by atoms with Gasteiger partial charge in [0.05, 0.1) is 5.56 Å². The summed E-state index contributed by atoms with van der Waals surface area (Å²) in [5.41, 5.74) is 0.0419. The Morgan fingerprint density at radius 1 is 1.18 bits per heavy atom. The predicted octanol–water partition coefficient (Wildman–Crippen LogP) is 2.02. The van der Waals surface area contributed by atoms with Crippen molar-refractivity contribution in [2.45, 2.75) is 0 Å². The fraction of sp³-hybridized carbons (Fsp3) is 0.364. The number of nitrogens with zero attached hydrogens (tertiary/aromatic N) is 1. The van der Waals surface area contributed by atoms with Crippen LogP contribution in [0.4, 0.5) is 0 Å². The van der Waals surface area contributed by atoms with Gasteiger partial charge in [0.1, 0.15) is 11.5 Å². The third-order valence-corrected chi connectivity index (χ3v) is 2.54. The van der Waals surface area contributed by atoms with Gasteiger partial charge in [-0.25, -0.2) is 0 Å². The van der Waals surface area contributed by atoms with E-state index in [2.05, 4.69) is 0 Å². The molecule has 0 radical (unpaired) electrons. The van der Waals surface area contributed by atoms with Crippen LogP contribution in [-0.4, -0.2) is 45.9 Å². The van der Waals surface area contributed by atoms with E-state index in [0.717, 1.165) is 0 Å². The van der Waals surface area contributed by atoms with Gasteiger partial charge < -0.3 is 15.1 Å². The molecule has 0 aliphatic carbocycles. The van der Waals surface area contributed by atoms with Gasteiger partial charge in [-0.15, -0.1) is 23.2 Å². The van der Waals surface area contributed by atoms with Gasteiger partial charge in [0.2, 0.25) is 0 Å². The molecule has 0 aromatic heterocycles. The highest BCUT2D eigenvalue weighted by Crippen LogP contribution is 2.23. The van der Waals surface area contributed by atoms with Crippen molar-refractivity contribution < 1.29 is 15.0 Å². The molecule has 2 N–H and O–H groups in total. The van der Waals surface area contributed by atoms with E-state index in [9.17, 15) is 15.0 Å². The van der Waals surface area contributed by atoms with E-state index in [0.29, 0.717) is 13.1 Å². The quantitative estimate of drug-likeness (QED) is 0.640. The highest BCUT2D eigenvalue weighted by molar-refractivity contribution is 6.18. The molecule has 4 nitrogen and oxygen atoms in total. The van der Waals surface area contributed by atoms with Gasteiger partial charge >= 0.3 is 0 Å². The molecule has 0 spiro atoms. The average Bonchev–Trinajstić information content (AvgIpc) is 2.31. The minimum absolute atomic E-state index is 0.0419. The number of carbonyl (C=O) groups is 1. The zero-order valence-corrected chi connectivity index (χ0v) is 10.6. The zero-order chi connectivity index (χ0) is 12.8. The monoisotopic (exact) mass is 277 g/mol. The molecule has 1 aromatic carbocycles. The van der Waals surface area contributed by atoms with Gasteiger partial charge in [0.25, 0.3) is 5.91 Å². The number of carbonyl (C=O) groups excluding carboxylic acids is 1. The molecule has 0 atom stereocenters. The first-order chi connectivity index (χ1) is 8.10. The first kappa shape index (κ1) is 13.9. The smallest absolute Gasteiger partial charge is 0.257 e. The van der Waals surface area contributed by atoms with E-state index in [1.54, 1.807) is 0 Å². The number of benzene rings is 1. The van der Waals surface area contributed by atoms with Crippen LogP contribution in [0.2, 0.25) is 0 Å². The number of hydrogen-bond donors (Lipinski definition) is 2. The van der Waals surface area contributed by atoms with Crippen LogP contribution in [0.1, 0.15) is 10.4 Å². The molecule has 0 heterocycles. The topological polar surface area (TPSA) is 60.8 Å². The summed E-state index contributed by atoms with van der Waals surface area (Å²) in [6, 6.07) is 3.79. The van der Waals surface area contributed by atoms with Crippen LogP contribution in [-0.2, 0) is 0 Å². The lowest BCUT2D eigenvalue weighted by atomic mass is 10.1. The van der Waals surface area contributed by atoms with Gasteiger partial charge in [-0.3, -0.25) is 4.79 Å². The number of rotatable bonds is 5. The lowest BCUT2D eigenvalue weighted by Gasteiger charge is -2.21. The second-order valence-corrected chi connectivity index (χ2v) is 4.13. The molecule has 0 aliphatic heterocycles. The second kappa shape index (κ2) is 6.57. The molecule has 6 heteroatoms. The molecular weight excluding hydrogens is 265 g/mol. The summed E-state index contributed by atoms with van der Waals surface area (Å²) in [5, 5.41) is 18.9. The van der Waals surface area contributed by atoms with Crippen LogP contribution in [0, 0.1) is 0 Å². The molecule has 1 aromatic rings. The number of phenols is 2. The normalized spacial score (nSPS) is 10.2. The molecule has 0 unspecified atom stereocenters. The van der Waals surface area contributed by atoms with Crippen molar-refractivity contribution in [3.05, 3.63) is 23.8 Å². The van der Waals surface area contributed by atoms with Crippen molar-refractivity contribution in [2.24, 2.45) is 0 Å². The van der Waals surface area contributed by atoms with Crippen molar-refractivity contribution in [2.75, 3.05) is 24.8 Å². The number of aromatic hydroxyl groups is 2. The summed E-state index contributed by atoms with van der Waals surface area (Å²) in [7, 11) is 0. The Morgan fingerprint density at radius 3 is 2.29 bits per heavy atom. The highest BCUT2D eigenvalue weighted by atomic mass is 35.5. The third-order valence-electron chi connectivity index (χ3n) is 2.21. The Kier molecular flexibility index (Phi) is 5.38. The van der Waals surface area contributed by atoms with E-state index in [-0.39, 0.29) is 28.8 Å². The predicted molar refractivity (Wildman–Crippen MR) is 67.1 cm³/mol. The third kappa shape index (κ3) is 3.68. The van der Waals surface area contributed by atoms with Crippen molar-refractivity contribution >= 4 is 29.1 Å². The standard InChI is InChI=1S/C11H13Cl2NO3/c12-3-5-14(6-4-13)11(17)9-7-8(15)1-2-10(9)16/h1-2,7,15-16H,3-6H2. The molecule has 1 amide bonds. The maximum atomic E-state index is 12.0. The summed E-state index contributed by atoms with van der Waals surface area (Å²) in [4.78, 5) is 13.5. The summed E-state index contributed by atoms with van der Waals surface area (Å²) >= 11 is 11.2. The lowest BCUT2D eigenvalue weighted by molar-refractivity contribution is 0.0771. The first-order valence-corrected chi connectivity index (χ1v) is 6.10. The van der Waals surface area contributed by atoms with Gasteiger partial charge in [-0.2, -0.15) is 0 Å². The van der Waals surface area contributed by atoms with Crippen LogP contribution < -0.4 is 0 Å². The van der Waals surface area contributed by atoms with Gasteiger partial charge in [-0.05, 0) is 18.2 Å². The van der Waals surface area contributed by atoms with Crippen molar-refractivity contribution in [3.8, 4) is 11.5 Å². The minimum atomic E-state index is -0.403. The molecule has 94 valence electrons. The largest absolute Gasteiger partial charge is 0.508 e. The van der Waals surface area contributed by atoms with Crippen molar-refractivity contribution in [3.63, 3.8) is 0 Å². The Balaban J connectivity index is 2.95. The average molecular weight is 278 g/mol. The zero-order valence-electron chi connectivity index (χ0n) is 9.07. The van der Waals surface area contributed by atoms with E-state index in [1.165, 1.54) is 23.1 Å². The summed E-state index contributed by atoms with van der Waals surface area (Å²) in [6.07, 6.45) is 0. The molecule has 0 bridgehead atoms. The molecule has 17 heavy (non-hydrogen) atoms. The summed E-state index contributed by atoms with van der Waals surface area (Å²) in [6.45, 7) is 0.671. The van der Waals surface area contributed by atoms with Gasteiger partial charge in [0.15, 0.2) is 0 Å². The molecule has 0 fully saturated rings. The Morgan fingerprint density at radius 2 is 1.76 bits per heavy atom. The Hall–Kier alpha value is -1.13. The lowest BCUT2D eigenvalue weighted by Crippen LogP contribution is -2.34. The van der Waals surface area contributed by atoms with E-state index < -0.39 is 5.91 Å². The first-order valence-electron chi connectivity index (χ1n) is 5.03. The fourth-order valence-corrected chi connectivity index (χ4v) is 1.79. The Labute approximate surface area is 109 Å². The van der Waals surface area contributed by atoms with Crippen LogP contribution >= 0.6 is 23.2 Å². The fourth-order valence-electron chi connectivity index (χ4n) is 1.38. The minimum Gasteiger partial charge on any atom is -0.508 e.